The fourth-order valence-corrected chi connectivity index (χ4v) is 10.7. The Labute approximate surface area is 367 Å². The first-order valence-electron chi connectivity index (χ1n) is 22.1. The van der Waals surface area contributed by atoms with Gasteiger partial charge in [0.15, 0.2) is 0 Å². The number of ether oxygens (including phenoxy) is 2. The lowest BCUT2D eigenvalue weighted by Gasteiger charge is -2.47. The molecule has 3 saturated heterocycles. The van der Waals surface area contributed by atoms with Gasteiger partial charge in [0.1, 0.15) is 18.1 Å². The summed E-state index contributed by atoms with van der Waals surface area (Å²) in [5.41, 5.74) is 9.42. The number of aryl methyl sites for hydroxylation is 1. The third kappa shape index (κ3) is 8.33. The number of cyclic esters (lactones) is 1. The van der Waals surface area contributed by atoms with Gasteiger partial charge in [-0.1, -0.05) is 33.8 Å². The van der Waals surface area contributed by atoms with E-state index in [1.165, 1.54) is 21.2 Å². The maximum absolute atomic E-state index is 14.6. The number of carbonyl (C=O) groups excluding carboxylic acids is 4. The van der Waals surface area contributed by atoms with E-state index in [-0.39, 0.29) is 43.0 Å². The Morgan fingerprint density at radius 1 is 1.16 bits per heavy atom. The molecule has 0 aliphatic carbocycles. The lowest BCUT2D eigenvalue weighted by molar-refractivity contribution is -0.155. The summed E-state index contributed by atoms with van der Waals surface area (Å²) >= 11 is 1.43. The average Bonchev–Trinajstić information content (AvgIpc) is 3.96. The first kappa shape index (κ1) is 43.7. The number of nitrogens with one attached hydrogen (secondary N) is 3. The van der Waals surface area contributed by atoms with Crippen molar-refractivity contribution in [2.24, 2.45) is 11.3 Å². The largest absolute Gasteiger partial charge is 0.464 e. The second-order valence-corrected chi connectivity index (χ2v) is 19.4. The van der Waals surface area contributed by atoms with Gasteiger partial charge in [-0.15, -0.1) is 11.3 Å². The number of hydrazine groups is 1. The van der Waals surface area contributed by atoms with Crippen LogP contribution in [0.3, 0.4) is 0 Å². The Bertz CT molecular complexity index is 2340. The Balaban J connectivity index is 1.17. The van der Waals surface area contributed by atoms with Gasteiger partial charge in [0.25, 0.3) is 5.91 Å². The molecule has 6 atom stereocenters. The summed E-state index contributed by atoms with van der Waals surface area (Å²) in [5.74, 6) is -1.48. The molecule has 7 heterocycles. The predicted octanol–water partition coefficient (Wildman–Crippen LogP) is 5.33. The summed E-state index contributed by atoms with van der Waals surface area (Å²) in [4.78, 5) is 69.8. The van der Waals surface area contributed by atoms with Crippen LogP contribution in [0.2, 0.25) is 0 Å². The lowest BCUT2D eigenvalue weighted by atomic mass is 9.84. The zero-order valence-corrected chi connectivity index (χ0v) is 38.0. The van der Waals surface area contributed by atoms with E-state index in [0.29, 0.717) is 49.9 Å². The number of hydrogen-bond donors (Lipinski definition) is 3. The van der Waals surface area contributed by atoms with Crippen LogP contribution < -0.4 is 16.1 Å². The van der Waals surface area contributed by atoms with E-state index in [1.54, 1.807) is 20.4 Å². The number of methoxy groups -OCH3 is 1. The first-order valence-corrected chi connectivity index (χ1v) is 23.0. The van der Waals surface area contributed by atoms with Gasteiger partial charge in [-0.2, -0.15) is 0 Å². The third-order valence-corrected chi connectivity index (χ3v) is 14.0. The number of hydrogen-bond acceptors (Lipinski definition) is 11. The Hall–Kier alpha value is -4.90. The molecule has 4 aromatic rings. The minimum Gasteiger partial charge on any atom is -0.464 e. The van der Waals surface area contributed by atoms with Crippen molar-refractivity contribution in [2.75, 3.05) is 40.4 Å². The number of likely N-dealkylation sites (N-methyl/N-ethyl adjacent to an activating group) is 1. The molecule has 15 nitrogen and oxygen atoms in total. The van der Waals surface area contributed by atoms with E-state index in [0.717, 1.165) is 57.6 Å². The van der Waals surface area contributed by atoms with E-state index < -0.39 is 35.4 Å². The molecule has 1 unspecified atom stereocenters. The van der Waals surface area contributed by atoms with Crippen LogP contribution in [0.1, 0.15) is 83.2 Å². The van der Waals surface area contributed by atoms with Crippen molar-refractivity contribution in [1.29, 1.82) is 0 Å². The standard InChI is InChI=1S/C46H61N9O6S/c1-9-53-36-15-14-28-20-30(36)31(41(53)29-12-10-17-48-39(29)27(4)60-8)22-46(5,6)25-61-44(58)32-13-11-19-55(51-32)43(57)33(21-38-49-35(28)24-62-38)50-42(56)40(26(2)3)52(7)45(59)54-23-34-37(54)16-18-47-34/h10,12,14-15,17,20,24,26-27,32-34,37,40,47,51H,9,11,13,16,18-19,21-23,25H2,1-8H3,(H,50,56)/t27-,32-,33-,34+,37+,40?/m0/s1. The van der Waals surface area contributed by atoms with Gasteiger partial charge in [-0.25, -0.2) is 15.2 Å². The van der Waals surface area contributed by atoms with Crippen LogP contribution in [0.15, 0.2) is 41.9 Å². The molecule has 0 radical (unpaired) electrons. The number of benzene rings is 1. The highest BCUT2D eigenvalue weighted by molar-refractivity contribution is 7.10. The van der Waals surface area contributed by atoms with Crippen LogP contribution in [0.5, 0.6) is 0 Å². The van der Waals surface area contributed by atoms with Gasteiger partial charge in [0.05, 0.1) is 40.8 Å². The van der Waals surface area contributed by atoms with Crippen LogP contribution in [-0.4, -0.2) is 124 Å². The molecule has 332 valence electrons. The summed E-state index contributed by atoms with van der Waals surface area (Å²) in [6.07, 6.45) is 4.20. The molecule has 3 N–H and O–H groups in total. The lowest BCUT2D eigenvalue weighted by Crippen LogP contribution is -2.67. The van der Waals surface area contributed by atoms with Gasteiger partial charge < -0.3 is 34.5 Å². The number of esters is 1. The molecule has 0 spiro atoms. The number of aromatic nitrogens is 3. The molecular weight excluding hydrogens is 807 g/mol. The summed E-state index contributed by atoms with van der Waals surface area (Å²) in [6, 6.07) is 8.08. The Morgan fingerprint density at radius 3 is 2.71 bits per heavy atom. The maximum Gasteiger partial charge on any atom is 0.324 e. The summed E-state index contributed by atoms with van der Waals surface area (Å²) in [5, 5.41) is 11.7. The molecule has 4 aliphatic rings. The average molecular weight is 868 g/mol. The van der Waals surface area contributed by atoms with E-state index in [2.05, 4.69) is 65.7 Å². The van der Waals surface area contributed by atoms with Crippen LogP contribution in [0, 0.1) is 11.3 Å². The topological polar surface area (TPSA) is 163 Å². The Kier molecular flexibility index (Phi) is 12.5. The van der Waals surface area contributed by atoms with Crippen LogP contribution >= 0.6 is 11.3 Å². The number of pyridine rings is 1. The molecule has 4 amide bonds. The molecule has 3 aromatic heterocycles. The molecule has 1 aromatic carbocycles. The highest BCUT2D eigenvalue weighted by Gasteiger charge is 2.47. The molecule has 62 heavy (non-hydrogen) atoms. The molecule has 6 bridgehead atoms. The van der Waals surface area contributed by atoms with E-state index in [4.69, 9.17) is 19.4 Å². The number of carbonyl (C=O) groups is 4. The zero-order chi connectivity index (χ0) is 44.0. The number of nitrogens with zero attached hydrogens (tertiary/aromatic N) is 6. The normalized spacial score (nSPS) is 23.6. The van der Waals surface area contributed by atoms with Crippen molar-refractivity contribution < 1.29 is 28.7 Å². The van der Waals surface area contributed by atoms with Gasteiger partial charge >= 0.3 is 12.0 Å². The molecule has 4 aliphatic heterocycles. The van der Waals surface area contributed by atoms with Crippen molar-refractivity contribution in [2.45, 2.75) is 117 Å². The Morgan fingerprint density at radius 2 is 1.97 bits per heavy atom. The highest BCUT2D eigenvalue weighted by Crippen LogP contribution is 2.42. The number of amides is 4. The van der Waals surface area contributed by atoms with Crippen LogP contribution in [0.4, 0.5) is 4.79 Å². The predicted molar refractivity (Wildman–Crippen MR) is 238 cm³/mol. The third-order valence-electron chi connectivity index (χ3n) is 13.1. The zero-order valence-electron chi connectivity index (χ0n) is 37.2. The maximum atomic E-state index is 14.6. The van der Waals surface area contributed by atoms with Crippen molar-refractivity contribution in [1.82, 2.24) is 45.4 Å². The molecule has 8 rings (SSSR count). The number of fused-ring (bicyclic) bond motifs is 7. The SMILES string of the molecule is CCn1c(-c2cccnc2[C@H](C)OC)c2c3cc(ccc31)-c1csc(n1)C[C@H](NC(=O)C(C(C)C)N(C)C(=O)N1C[C@H]3NCC[C@H]31)C(=O)N1CCC[C@H](N1)C(=O)OCC(C)(C)C2. The van der Waals surface area contributed by atoms with Gasteiger partial charge in [-0.05, 0) is 81.8 Å². The molecule has 3 fully saturated rings. The van der Waals surface area contributed by atoms with E-state index in [1.807, 2.05) is 37.1 Å². The minimum atomic E-state index is -1.03. The van der Waals surface area contributed by atoms with Crippen molar-refractivity contribution in [3.63, 3.8) is 0 Å². The number of thiazole rings is 1. The smallest absolute Gasteiger partial charge is 0.324 e. The summed E-state index contributed by atoms with van der Waals surface area (Å²) in [6.45, 7) is 14.8. The van der Waals surface area contributed by atoms with Crippen molar-refractivity contribution in [3.8, 4) is 22.5 Å². The number of likely N-dealkylation sites (tertiary alicyclic amines) is 1. The molecule has 16 heteroatoms. The summed E-state index contributed by atoms with van der Waals surface area (Å²) in [7, 11) is 3.36. The second-order valence-electron chi connectivity index (χ2n) is 18.4. The van der Waals surface area contributed by atoms with Crippen LogP contribution in [0.25, 0.3) is 33.4 Å². The highest BCUT2D eigenvalue weighted by atomic mass is 32.1. The number of urea groups is 1. The van der Waals surface area contributed by atoms with Gasteiger partial charge in [0, 0.05) is 85.3 Å². The van der Waals surface area contributed by atoms with Gasteiger partial charge in [0.2, 0.25) is 5.91 Å². The van der Waals surface area contributed by atoms with Gasteiger partial charge in [-0.3, -0.25) is 24.4 Å². The minimum absolute atomic E-state index is 0.117. The fourth-order valence-electron chi connectivity index (χ4n) is 9.81. The van der Waals surface area contributed by atoms with Crippen molar-refractivity contribution >= 4 is 46.1 Å². The van der Waals surface area contributed by atoms with Crippen LogP contribution in [-0.2, 0) is 43.2 Å². The first-order chi connectivity index (χ1) is 29.7. The summed E-state index contributed by atoms with van der Waals surface area (Å²) < 4.78 is 14.2. The fraction of sp³-hybridized carbons (Fsp3) is 0.565. The molecular formula is C46H61N9O6S. The van der Waals surface area contributed by atoms with E-state index >= 15 is 0 Å². The molecule has 0 saturated carbocycles. The van der Waals surface area contributed by atoms with Crippen molar-refractivity contribution in [3.05, 3.63) is 58.2 Å². The second kappa shape index (κ2) is 17.7. The quantitative estimate of drug-likeness (QED) is 0.198. The van der Waals surface area contributed by atoms with E-state index in [9.17, 15) is 19.2 Å². The number of rotatable bonds is 8. The monoisotopic (exact) mass is 867 g/mol.